The van der Waals surface area contributed by atoms with E-state index in [4.69, 9.17) is 11.0 Å². The molecule has 0 fully saturated rings. The second-order valence-corrected chi connectivity index (χ2v) is 5.02. The Morgan fingerprint density at radius 1 is 1.47 bits per heavy atom. The van der Waals surface area contributed by atoms with Crippen LogP contribution in [0, 0.1) is 11.3 Å². The normalized spacial score (nSPS) is 11.5. The van der Waals surface area contributed by atoms with Crippen LogP contribution in [0.1, 0.15) is 11.1 Å². The Hall–Kier alpha value is -1.80. The van der Waals surface area contributed by atoms with Gasteiger partial charge in [0, 0.05) is 17.4 Å². The molecular weight excluding hydrogens is 212 g/mol. The molecule has 0 heterocycles. The number of nitrogen functional groups attached to an aromatic ring is 1. The van der Waals surface area contributed by atoms with Gasteiger partial charge in [-0.1, -0.05) is 6.07 Å². The zero-order valence-corrected chi connectivity index (χ0v) is 8.95. The summed E-state index contributed by atoms with van der Waals surface area (Å²) in [7, 11) is -3.18. The van der Waals surface area contributed by atoms with E-state index in [0.717, 1.165) is 11.7 Å². The number of hydrogen-bond donors (Lipinski definition) is 1. The quantitative estimate of drug-likeness (QED) is 0.761. The second-order valence-electron chi connectivity index (χ2n) is 3.09. The first-order valence-electron chi connectivity index (χ1n) is 4.10. The molecule has 0 atom stereocenters. The third-order valence-corrected chi connectivity index (χ3v) is 2.32. The monoisotopic (exact) mass is 222 g/mol. The van der Waals surface area contributed by atoms with Crippen molar-refractivity contribution in [2.75, 3.05) is 12.0 Å². The van der Waals surface area contributed by atoms with Crippen molar-refractivity contribution in [2.45, 2.75) is 0 Å². The van der Waals surface area contributed by atoms with Crippen molar-refractivity contribution >= 4 is 21.6 Å². The van der Waals surface area contributed by atoms with Crippen LogP contribution in [0.2, 0.25) is 0 Å². The van der Waals surface area contributed by atoms with E-state index in [1.165, 1.54) is 12.1 Å². The van der Waals surface area contributed by atoms with E-state index in [0.29, 0.717) is 16.8 Å². The van der Waals surface area contributed by atoms with E-state index in [1.54, 1.807) is 12.1 Å². The van der Waals surface area contributed by atoms with Crippen LogP contribution in [0.3, 0.4) is 0 Å². The number of hydrogen-bond acceptors (Lipinski definition) is 4. The highest BCUT2D eigenvalue weighted by molar-refractivity contribution is 7.93. The van der Waals surface area contributed by atoms with Crippen molar-refractivity contribution in [1.82, 2.24) is 0 Å². The summed E-state index contributed by atoms with van der Waals surface area (Å²) in [6.45, 7) is 0. The number of nitrogens with zero attached hydrogens (tertiary/aromatic N) is 1. The molecule has 0 aromatic heterocycles. The van der Waals surface area contributed by atoms with Gasteiger partial charge in [0.1, 0.15) is 0 Å². The van der Waals surface area contributed by atoms with Crippen molar-refractivity contribution in [1.29, 1.82) is 5.26 Å². The summed E-state index contributed by atoms with van der Waals surface area (Å²) in [4.78, 5) is 0. The molecule has 0 aliphatic heterocycles. The molecule has 0 saturated carbocycles. The summed E-state index contributed by atoms with van der Waals surface area (Å²) in [5.74, 6) is 0. The molecule has 4 nitrogen and oxygen atoms in total. The minimum absolute atomic E-state index is 0.356. The number of benzene rings is 1. The first-order chi connectivity index (χ1) is 6.92. The average molecular weight is 222 g/mol. The third-order valence-electron chi connectivity index (χ3n) is 1.69. The van der Waals surface area contributed by atoms with Crippen molar-refractivity contribution in [2.24, 2.45) is 0 Å². The van der Waals surface area contributed by atoms with Gasteiger partial charge in [-0.05, 0) is 23.8 Å². The number of nitriles is 1. The predicted octanol–water partition coefficient (Wildman–Crippen LogP) is 1.16. The Balaban J connectivity index is 3.18. The topological polar surface area (TPSA) is 83.9 Å². The molecule has 0 unspecified atom stereocenters. The largest absolute Gasteiger partial charge is 0.399 e. The van der Waals surface area contributed by atoms with E-state index in [1.807, 2.05) is 6.07 Å². The third kappa shape index (κ3) is 3.44. The predicted molar refractivity (Wildman–Crippen MR) is 59.4 cm³/mol. The minimum Gasteiger partial charge on any atom is -0.399 e. The first-order valence-corrected chi connectivity index (χ1v) is 6.05. The van der Waals surface area contributed by atoms with Gasteiger partial charge in [0.2, 0.25) is 0 Å². The summed E-state index contributed by atoms with van der Waals surface area (Å²) in [6, 6.07) is 6.67. The zero-order chi connectivity index (χ0) is 11.5. The van der Waals surface area contributed by atoms with E-state index in [2.05, 4.69) is 0 Å². The lowest BCUT2D eigenvalue weighted by Crippen LogP contribution is -1.91. The molecule has 15 heavy (non-hydrogen) atoms. The lowest BCUT2D eigenvalue weighted by atomic mass is 10.1. The highest BCUT2D eigenvalue weighted by Gasteiger charge is 2.00. The minimum atomic E-state index is -3.18. The van der Waals surface area contributed by atoms with Gasteiger partial charge < -0.3 is 5.73 Å². The van der Waals surface area contributed by atoms with Gasteiger partial charge in [-0.25, -0.2) is 8.42 Å². The van der Waals surface area contributed by atoms with Gasteiger partial charge in [-0.3, -0.25) is 0 Å². The number of anilines is 1. The van der Waals surface area contributed by atoms with Crippen LogP contribution in [0.25, 0.3) is 6.08 Å². The van der Waals surface area contributed by atoms with Gasteiger partial charge in [0.05, 0.1) is 11.6 Å². The SMILES string of the molecule is CS(=O)(=O)C=Cc1ccc(N)cc1C#N. The maximum Gasteiger partial charge on any atom is 0.168 e. The number of nitrogens with two attached hydrogens (primary N) is 1. The van der Waals surface area contributed by atoms with Crippen LogP contribution in [0.15, 0.2) is 23.6 Å². The molecule has 1 aromatic carbocycles. The maximum absolute atomic E-state index is 10.9. The van der Waals surface area contributed by atoms with Crippen molar-refractivity contribution in [3.63, 3.8) is 0 Å². The van der Waals surface area contributed by atoms with Crippen molar-refractivity contribution in [3.8, 4) is 6.07 Å². The summed E-state index contributed by atoms with van der Waals surface area (Å²) in [6.07, 6.45) is 2.47. The van der Waals surface area contributed by atoms with E-state index < -0.39 is 9.84 Å². The van der Waals surface area contributed by atoms with Crippen LogP contribution in [0.4, 0.5) is 5.69 Å². The molecule has 2 N–H and O–H groups in total. The Labute approximate surface area is 88.6 Å². The summed E-state index contributed by atoms with van der Waals surface area (Å²) >= 11 is 0. The van der Waals surface area contributed by atoms with Gasteiger partial charge in [0.15, 0.2) is 9.84 Å². The fourth-order valence-corrected chi connectivity index (χ4v) is 1.41. The molecule has 0 spiro atoms. The number of rotatable bonds is 2. The molecule has 0 aliphatic rings. The Morgan fingerprint density at radius 3 is 2.67 bits per heavy atom. The second kappa shape index (κ2) is 4.15. The van der Waals surface area contributed by atoms with E-state index >= 15 is 0 Å². The Bertz CT molecular complexity index is 539. The molecule has 1 aromatic rings. The molecular formula is C10H10N2O2S. The average Bonchev–Trinajstić information content (AvgIpc) is 2.14. The molecule has 5 heteroatoms. The van der Waals surface area contributed by atoms with E-state index in [-0.39, 0.29) is 0 Å². The lowest BCUT2D eigenvalue weighted by molar-refractivity contribution is 0.610. The summed E-state index contributed by atoms with van der Waals surface area (Å²) < 4.78 is 21.8. The Morgan fingerprint density at radius 2 is 2.13 bits per heavy atom. The van der Waals surface area contributed by atoms with Crippen LogP contribution >= 0.6 is 0 Å². The van der Waals surface area contributed by atoms with Gasteiger partial charge in [0.25, 0.3) is 0 Å². The van der Waals surface area contributed by atoms with Gasteiger partial charge in [-0.15, -0.1) is 0 Å². The summed E-state index contributed by atoms with van der Waals surface area (Å²) in [5.41, 5.74) is 6.86. The number of sulfone groups is 1. The van der Waals surface area contributed by atoms with Gasteiger partial charge in [-0.2, -0.15) is 5.26 Å². The van der Waals surface area contributed by atoms with Crippen LogP contribution in [-0.4, -0.2) is 14.7 Å². The lowest BCUT2D eigenvalue weighted by Gasteiger charge is -1.98. The molecule has 1 rings (SSSR count). The standard InChI is InChI=1S/C10H10N2O2S/c1-15(13,14)5-4-8-2-3-10(12)6-9(8)7-11/h2-6H,12H2,1H3. The fraction of sp³-hybridized carbons (Fsp3) is 0.100. The molecule has 0 bridgehead atoms. The van der Waals surface area contributed by atoms with Crippen molar-refractivity contribution < 1.29 is 8.42 Å². The van der Waals surface area contributed by atoms with E-state index in [9.17, 15) is 8.42 Å². The first kappa shape index (κ1) is 11.3. The maximum atomic E-state index is 10.9. The van der Waals surface area contributed by atoms with Crippen molar-refractivity contribution in [3.05, 3.63) is 34.7 Å². The highest BCUT2D eigenvalue weighted by Crippen LogP contribution is 2.14. The highest BCUT2D eigenvalue weighted by atomic mass is 32.2. The smallest absolute Gasteiger partial charge is 0.168 e. The molecule has 0 saturated heterocycles. The molecule has 0 amide bonds. The molecule has 78 valence electrons. The van der Waals surface area contributed by atoms with Crippen LogP contribution in [-0.2, 0) is 9.84 Å². The van der Waals surface area contributed by atoms with Gasteiger partial charge >= 0.3 is 0 Å². The molecule has 0 radical (unpaired) electrons. The van der Waals surface area contributed by atoms with Crippen LogP contribution < -0.4 is 5.73 Å². The zero-order valence-electron chi connectivity index (χ0n) is 8.14. The fourth-order valence-electron chi connectivity index (χ4n) is 1.01. The van der Waals surface area contributed by atoms with Crippen LogP contribution in [0.5, 0.6) is 0 Å². The Kier molecular flexibility index (Phi) is 3.12. The molecule has 0 aliphatic carbocycles. The summed E-state index contributed by atoms with van der Waals surface area (Å²) in [5, 5.41) is 9.84.